The van der Waals surface area contributed by atoms with E-state index < -0.39 is 0 Å². The maximum Gasteiger partial charge on any atom is 0.154 e. The Bertz CT molecular complexity index is 2250. The SMILES string of the molecule is C=C1/C=C\C=C/C/C(C(=NC(=N)c2ccccc2)Nc2cccc3oc4cccc(-c5ccccc5)c4c23)=C\C=C1c1ccccc1. The third-order valence-electron chi connectivity index (χ3n) is 8.20. The van der Waals surface area contributed by atoms with Crippen LogP contribution in [0.1, 0.15) is 17.5 Å². The normalized spacial score (nSPS) is 16.3. The average molecular weight is 608 g/mol. The number of allylic oxidation sites excluding steroid dienone is 8. The lowest BCUT2D eigenvalue weighted by Crippen LogP contribution is -2.17. The highest BCUT2D eigenvalue weighted by molar-refractivity contribution is 6.22. The molecule has 0 spiro atoms. The van der Waals surface area contributed by atoms with Gasteiger partial charge in [0, 0.05) is 10.9 Å². The number of nitrogens with one attached hydrogen (secondary N) is 2. The predicted molar refractivity (Wildman–Crippen MR) is 198 cm³/mol. The monoisotopic (exact) mass is 607 g/mol. The van der Waals surface area contributed by atoms with Gasteiger partial charge in [0.2, 0.25) is 0 Å². The number of hydrogen-bond acceptors (Lipinski definition) is 2. The fourth-order valence-corrected chi connectivity index (χ4v) is 5.88. The minimum absolute atomic E-state index is 0.167. The first kappa shape index (κ1) is 29.5. The minimum atomic E-state index is 0.167. The first-order valence-corrected chi connectivity index (χ1v) is 15.6. The Labute approximate surface area is 274 Å². The van der Waals surface area contributed by atoms with E-state index in [9.17, 15) is 0 Å². The lowest BCUT2D eigenvalue weighted by molar-refractivity contribution is 0.669. The van der Waals surface area contributed by atoms with Crippen molar-refractivity contribution in [1.82, 2.24) is 0 Å². The highest BCUT2D eigenvalue weighted by Gasteiger charge is 2.18. The van der Waals surface area contributed by atoms with E-state index in [2.05, 4.69) is 72.6 Å². The van der Waals surface area contributed by atoms with Gasteiger partial charge in [-0.25, -0.2) is 4.99 Å². The van der Waals surface area contributed by atoms with E-state index in [1.165, 1.54) is 0 Å². The Hall–Kier alpha value is -6.26. The van der Waals surface area contributed by atoms with E-state index in [-0.39, 0.29) is 5.84 Å². The second kappa shape index (κ2) is 13.4. The molecule has 0 bridgehead atoms. The molecule has 4 nitrogen and oxygen atoms in total. The van der Waals surface area contributed by atoms with Crippen LogP contribution in [0.15, 0.2) is 191 Å². The van der Waals surface area contributed by atoms with Crippen LogP contribution in [0.5, 0.6) is 0 Å². The third-order valence-corrected chi connectivity index (χ3v) is 8.20. The smallest absolute Gasteiger partial charge is 0.154 e. The van der Waals surface area contributed by atoms with Crippen molar-refractivity contribution in [3.05, 3.63) is 193 Å². The summed E-state index contributed by atoms with van der Waals surface area (Å²) in [6.45, 7) is 4.35. The first-order valence-electron chi connectivity index (χ1n) is 15.6. The van der Waals surface area contributed by atoms with E-state index in [1.807, 2.05) is 103 Å². The van der Waals surface area contributed by atoms with Crippen molar-refractivity contribution >= 4 is 44.9 Å². The molecule has 1 aliphatic rings. The number of anilines is 1. The highest BCUT2D eigenvalue weighted by atomic mass is 16.3. The Morgan fingerprint density at radius 1 is 0.681 bits per heavy atom. The van der Waals surface area contributed by atoms with Crippen LogP contribution >= 0.6 is 0 Å². The van der Waals surface area contributed by atoms with Gasteiger partial charge in [0.1, 0.15) is 17.0 Å². The molecule has 4 heteroatoms. The summed E-state index contributed by atoms with van der Waals surface area (Å²) in [5.74, 6) is 0.752. The predicted octanol–water partition coefficient (Wildman–Crippen LogP) is 11.2. The number of amidine groups is 2. The van der Waals surface area contributed by atoms with E-state index in [0.717, 1.165) is 66.6 Å². The molecule has 0 fully saturated rings. The van der Waals surface area contributed by atoms with Gasteiger partial charge >= 0.3 is 0 Å². The average Bonchev–Trinajstić information content (AvgIpc) is 3.51. The molecule has 5 aromatic carbocycles. The summed E-state index contributed by atoms with van der Waals surface area (Å²) in [5.41, 5.74) is 9.30. The van der Waals surface area contributed by atoms with Crippen LogP contribution in [0.3, 0.4) is 0 Å². The number of rotatable bonds is 5. The number of furan rings is 1. The van der Waals surface area contributed by atoms with Crippen molar-refractivity contribution in [2.75, 3.05) is 5.32 Å². The molecule has 1 heterocycles. The molecule has 226 valence electrons. The Morgan fingerprint density at radius 3 is 2.09 bits per heavy atom. The molecule has 0 unspecified atom stereocenters. The second-order valence-corrected chi connectivity index (χ2v) is 11.3. The van der Waals surface area contributed by atoms with Gasteiger partial charge in [0.25, 0.3) is 0 Å². The Balaban J connectivity index is 1.41. The zero-order chi connectivity index (χ0) is 32.0. The number of benzene rings is 5. The summed E-state index contributed by atoms with van der Waals surface area (Å²) in [7, 11) is 0. The molecule has 1 aliphatic carbocycles. The molecule has 0 aliphatic heterocycles. The minimum Gasteiger partial charge on any atom is -0.456 e. The van der Waals surface area contributed by atoms with Crippen molar-refractivity contribution in [1.29, 1.82) is 5.41 Å². The van der Waals surface area contributed by atoms with E-state index in [0.29, 0.717) is 12.3 Å². The standard InChI is InChI=1S/C43H33N3O/c1-30-16-6-2-13-23-34(28-29-35(30)31-17-7-3-8-18-31)43(46-42(44)33-21-11-5-12-22-33)45-37-25-15-27-39-41(37)40-36(24-14-26-38(40)47-39)32-19-9-4-10-20-32/h2-22,24-29H,1,23H2,(H2,44,45,46)/b13-2-,16-6-,34-28+,35-29?. The quantitative estimate of drug-likeness (QED) is 0.151. The summed E-state index contributed by atoms with van der Waals surface area (Å²) in [5, 5.41) is 14.7. The number of fused-ring (bicyclic) bond motifs is 3. The second-order valence-electron chi connectivity index (χ2n) is 11.3. The van der Waals surface area contributed by atoms with Crippen LogP contribution in [0, 0.1) is 5.41 Å². The van der Waals surface area contributed by atoms with Gasteiger partial charge in [0.05, 0.1) is 11.1 Å². The van der Waals surface area contributed by atoms with Gasteiger partial charge in [-0.15, -0.1) is 0 Å². The van der Waals surface area contributed by atoms with Gasteiger partial charge in [-0.3, -0.25) is 5.41 Å². The molecule has 0 amide bonds. The molecule has 0 atom stereocenters. The van der Waals surface area contributed by atoms with E-state index in [4.69, 9.17) is 14.8 Å². The van der Waals surface area contributed by atoms with Crippen LogP contribution in [-0.2, 0) is 0 Å². The molecule has 0 radical (unpaired) electrons. The van der Waals surface area contributed by atoms with Crippen molar-refractivity contribution < 1.29 is 4.42 Å². The molecule has 1 aromatic heterocycles. The van der Waals surface area contributed by atoms with Crippen molar-refractivity contribution in [2.24, 2.45) is 4.99 Å². The van der Waals surface area contributed by atoms with Gasteiger partial charge in [-0.2, -0.15) is 0 Å². The highest BCUT2D eigenvalue weighted by Crippen LogP contribution is 2.40. The van der Waals surface area contributed by atoms with Gasteiger partial charge < -0.3 is 9.73 Å². The van der Waals surface area contributed by atoms with Crippen LogP contribution < -0.4 is 5.32 Å². The summed E-state index contributed by atoms with van der Waals surface area (Å²) in [6.07, 6.45) is 13.0. The van der Waals surface area contributed by atoms with Crippen molar-refractivity contribution in [3.8, 4) is 11.1 Å². The van der Waals surface area contributed by atoms with Gasteiger partial charge in [0.15, 0.2) is 5.84 Å². The van der Waals surface area contributed by atoms with Crippen molar-refractivity contribution in [2.45, 2.75) is 6.42 Å². The third kappa shape index (κ3) is 6.31. The zero-order valence-corrected chi connectivity index (χ0v) is 25.9. The fourth-order valence-electron chi connectivity index (χ4n) is 5.88. The summed E-state index contributed by atoms with van der Waals surface area (Å²) in [4.78, 5) is 4.95. The summed E-state index contributed by atoms with van der Waals surface area (Å²) >= 11 is 0. The molecule has 0 saturated heterocycles. The largest absolute Gasteiger partial charge is 0.456 e. The molecule has 7 rings (SSSR count). The topological polar surface area (TPSA) is 61.4 Å². The maximum absolute atomic E-state index is 9.01. The van der Waals surface area contributed by atoms with Crippen LogP contribution in [0.4, 0.5) is 5.69 Å². The van der Waals surface area contributed by atoms with Gasteiger partial charge in [-0.1, -0.05) is 152 Å². The molecular weight excluding hydrogens is 574 g/mol. The lowest BCUT2D eigenvalue weighted by Gasteiger charge is -2.15. The van der Waals surface area contributed by atoms with Crippen molar-refractivity contribution in [3.63, 3.8) is 0 Å². The Kier molecular flexibility index (Phi) is 8.39. The van der Waals surface area contributed by atoms with Gasteiger partial charge in [-0.05, 0) is 58.0 Å². The summed E-state index contributed by atoms with van der Waals surface area (Å²) < 4.78 is 6.40. The Morgan fingerprint density at radius 2 is 1.34 bits per heavy atom. The maximum atomic E-state index is 9.01. The van der Waals surface area contributed by atoms with Crippen LogP contribution in [0.25, 0.3) is 38.6 Å². The van der Waals surface area contributed by atoms with Crippen LogP contribution in [-0.4, -0.2) is 11.7 Å². The molecule has 6 aromatic rings. The lowest BCUT2D eigenvalue weighted by atomic mass is 9.96. The first-order chi connectivity index (χ1) is 23.2. The number of hydrogen-bond donors (Lipinski definition) is 2. The molecule has 2 N–H and O–H groups in total. The molecular formula is C43H33N3O. The molecule has 0 saturated carbocycles. The number of nitrogens with zero attached hydrogens (tertiary/aromatic N) is 1. The number of aliphatic imine (C=N–C) groups is 1. The fraction of sp³-hybridized carbons (Fsp3) is 0.0233. The van der Waals surface area contributed by atoms with E-state index in [1.54, 1.807) is 0 Å². The zero-order valence-electron chi connectivity index (χ0n) is 25.9. The molecule has 47 heavy (non-hydrogen) atoms. The summed E-state index contributed by atoms with van der Waals surface area (Å²) in [6, 6.07) is 42.4. The van der Waals surface area contributed by atoms with Crippen LogP contribution in [0.2, 0.25) is 0 Å². The van der Waals surface area contributed by atoms with E-state index >= 15 is 0 Å².